The van der Waals surface area contributed by atoms with Crippen molar-refractivity contribution < 1.29 is 13.8 Å². The highest BCUT2D eigenvalue weighted by Crippen LogP contribution is 2.65. The van der Waals surface area contributed by atoms with Gasteiger partial charge in [-0.15, -0.1) is 11.8 Å². The molecule has 128 valence electrons. The van der Waals surface area contributed by atoms with Crippen LogP contribution in [0.5, 0.6) is 0 Å². The molecular weight excluding hydrogens is 416 g/mol. The van der Waals surface area contributed by atoms with Crippen molar-refractivity contribution in [3.63, 3.8) is 0 Å². The molecule has 0 aliphatic carbocycles. The van der Waals surface area contributed by atoms with E-state index < -0.39 is 5.69 Å². The van der Waals surface area contributed by atoms with Crippen LogP contribution in [0.2, 0.25) is 10.0 Å². The monoisotopic (exact) mass is 431 g/mol. The molecule has 1 aliphatic rings. The van der Waals surface area contributed by atoms with Gasteiger partial charge in [-0.25, -0.2) is 0 Å². The molecule has 0 aromatic heterocycles. The van der Waals surface area contributed by atoms with Crippen LogP contribution in [0.1, 0.15) is 13.8 Å². The lowest BCUT2D eigenvalue weighted by Crippen LogP contribution is -2.28. The molecule has 1 unspecified atom stereocenters. The molecule has 0 N–H and O–H groups in total. The second-order valence-electron chi connectivity index (χ2n) is 4.38. The van der Waals surface area contributed by atoms with Crippen LogP contribution in [0, 0.1) is 0 Å². The Kier molecular flexibility index (Phi) is 7.57. The molecule has 1 aliphatic heterocycles. The first-order chi connectivity index (χ1) is 10.9. The molecule has 0 saturated carbocycles. The first kappa shape index (κ1) is 19.9. The van der Waals surface area contributed by atoms with Crippen molar-refractivity contribution in [1.82, 2.24) is 0 Å². The molecule has 1 amide bonds. The van der Waals surface area contributed by atoms with Crippen LogP contribution in [0.15, 0.2) is 18.2 Å². The zero-order valence-electron chi connectivity index (χ0n) is 12.5. The minimum atomic E-state index is -2.51. The molecule has 1 aromatic carbocycles. The zero-order chi connectivity index (χ0) is 17.0. The van der Waals surface area contributed by atoms with E-state index in [1.165, 1.54) is 23.1 Å². The topological polar surface area (TPSA) is 38.8 Å². The van der Waals surface area contributed by atoms with Crippen LogP contribution in [0.3, 0.4) is 0 Å². The smallest absolute Gasteiger partial charge is 0.251 e. The lowest BCUT2D eigenvalue weighted by Gasteiger charge is -2.22. The average Bonchev–Trinajstić information content (AvgIpc) is 2.83. The van der Waals surface area contributed by atoms with Gasteiger partial charge in [0.05, 0.1) is 29.1 Å². The number of carbonyl (C=O) groups excluding carboxylic acids is 1. The highest BCUT2D eigenvalue weighted by atomic mass is 35.5. The highest BCUT2D eigenvalue weighted by molar-refractivity contribution is 8.70. The predicted molar refractivity (Wildman–Crippen MR) is 105 cm³/mol. The Balaban J connectivity index is 2.11. The minimum Gasteiger partial charge on any atom is -0.322 e. The fraction of sp³-hybridized carbons (Fsp3) is 0.462. The van der Waals surface area contributed by atoms with Crippen molar-refractivity contribution in [3.8, 4) is 0 Å². The van der Waals surface area contributed by atoms with Gasteiger partial charge in [0.1, 0.15) is 4.58 Å². The van der Waals surface area contributed by atoms with E-state index in [2.05, 4.69) is 0 Å². The summed E-state index contributed by atoms with van der Waals surface area (Å²) in [5, 5.41) is 0.885. The van der Waals surface area contributed by atoms with Gasteiger partial charge in [-0.05, 0) is 55.2 Å². The van der Waals surface area contributed by atoms with Crippen molar-refractivity contribution in [1.29, 1.82) is 0 Å². The van der Waals surface area contributed by atoms with Gasteiger partial charge in [0.15, 0.2) is 0 Å². The van der Waals surface area contributed by atoms with Crippen LogP contribution in [0.4, 0.5) is 5.69 Å². The van der Waals surface area contributed by atoms with Crippen molar-refractivity contribution in [3.05, 3.63) is 28.2 Å². The fourth-order valence-electron chi connectivity index (χ4n) is 1.87. The van der Waals surface area contributed by atoms with E-state index in [9.17, 15) is 4.79 Å². The molecule has 1 aromatic rings. The first-order valence-corrected chi connectivity index (χ1v) is 12.8. The van der Waals surface area contributed by atoms with E-state index in [-0.39, 0.29) is 10.5 Å². The summed E-state index contributed by atoms with van der Waals surface area (Å²) < 4.78 is 10.9. The Morgan fingerprint density at radius 3 is 2.57 bits per heavy atom. The Bertz CT molecular complexity index is 624. The van der Waals surface area contributed by atoms with Gasteiger partial charge in [0.25, 0.3) is 5.91 Å². The van der Waals surface area contributed by atoms with Crippen molar-refractivity contribution in [2.45, 2.75) is 18.4 Å². The van der Waals surface area contributed by atoms with Gasteiger partial charge in [-0.1, -0.05) is 23.2 Å². The molecule has 1 saturated heterocycles. The zero-order valence-corrected chi connectivity index (χ0v) is 17.4. The number of carbonyl (C=O) groups is 1. The number of thioether (sulfide) groups is 1. The maximum absolute atomic E-state index is 12.7. The van der Waals surface area contributed by atoms with Crippen molar-refractivity contribution >= 4 is 75.4 Å². The average molecular weight is 432 g/mol. The first-order valence-electron chi connectivity index (χ1n) is 6.85. The quantitative estimate of drug-likeness (QED) is 0.538. The normalized spacial score (nSPS) is 18.7. The second-order valence-corrected chi connectivity index (χ2v) is 12.9. The van der Waals surface area contributed by atoms with Crippen LogP contribution < -0.4 is 4.90 Å². The lowest BCUT2D eigenvalue weighted by molar-refractivity contribution is -0.116. The molecule has 10 heteroatoms. The summed E-state index contributed by atoms with van der Waals surface area (Å²) in [6.45, 7) is 4.66. The number of amides is 1. The van der Waals surface area contributed by atoms with Crippen LogP contribution >= 0.6 is 52.0 Å². The molecule has 1 fully saturated rings. The fourth-order valence-corrected chi connectivity index (χ4v) is 10.1. The van der Waals surface area contributed by atoms with E-state index in [0.717, 1.165) is 5.69 Å². The van der Waals surface area contributed by atoms with Gasteiger partial charge in [0, 0.05) is 5.69 Å². The number of benzene rings is 1. The van der Waals surface area contributed by atoms with E-state index >= 15 is 0 Å². The Hall–Kier alpha value is 0.540. The summed E-state index contributed by atoms with van der Waals surface area (Å²) >= 11 is 20.3. The Morgan fingerprint density at radius 1 is 1.35 bits per heavy atom. The summed E-state index contributed by atoms with van der Waals surface area (Å²) in [6, 6.07) is 5.15. The molecule has 2 rings (SSSR count). The summed E-state index contributed by atoms with van der Waals surface area (Å²) in [4.78, 5) is 14.3. The maximum Gasteiger partial charge on any atom is 0.251 e. The number of nitrogens with zero attached hydrogens (tertiary/aromatic N) is 1. The summed E-state index contributed by atoms with van der Waals surface area (Å²) in [7, 11) is 0. The summed E-state index contributed by atoms with van der Waals surface area (Å²) in [5.41, 5.74) is -1.78. The van der Waals surface area contributed by atoms with Crippen molar-refractivity contribution in [2.75, 3.05) is 24.0 Å². The van der Waals surface area contributed by atoms with E-state index in [4.69, 9.17) is 44.1 Å². The maximum atomic E-state index is 12.7. The number of rotatable bonds is 7. The largest absolute Gasteiger partial charge is 0.322 e. The molecule has 0 bridgehead atoms. The highest BCUT2D eigenvalue weighted by Gasteiger charge is 2.38. The number of hydrogen-bond donors (Lipinski definition) is 0. The van der Waals surface area contributed by atoms with Crippen LogP contribution in [0.25, 0.3) is 0 Å². The third-order valence-electron chi connectivity index (χ3n) is 2.84. The van der Waals surface area contributed by atoms with Gasteiger partial charge in [-0.2, -0.15) is 0 Å². The molecule has 1 heterocycles. The Morgan fingerprint density at radius 2 is 2.00 bits per heavy atom. The second kappa shape index (κ2) is 8.77. The van der Waals surface area contributed by atoms with Gasteiger partial charge < -0.3 is 13.9 Å². The third-order valence-corrected chi connectivity index (χ3v) is 10.9. The van der Waals surface area contributed by atoms with E-state index in [0.29, 0.717) is 29.1 Å². The molecule has 1 atom stereocenters. The van der Waals surface area contributed by atoms with E-state index in [1.54, 1.807) is 23.1 Å². The number of hydrogen-bond acceptors (Lipinski definition) is 6. The predicted octanol–water partition coefficient (Wildman–Crippen LogP) is 5.39. The molecule has 0 spiro atoms. The summed E-state index contributed by atoms with van der Waals surface area (Å²) in [5.74, 6) is 0.495. The molecule has 23 heavy (non-hydrogen) atoms. The molecular formula is C13H16Cl2NO3PS3. The van der Waals surface area contributed by atoms with Crippen LogP contribution in [-0.2, 0) is 25.6 Å². The minimum absolute atomic E-state index is 0.0352. The lowest BCUT2D eigenvalue weighted by atomic mass is 10.3. The molecule has 4 nitrogen and oxygen atoms in total. The Labute approximate surface area is 159 Å². The van der Waals surface area contributed by atoms with Crippen molar-refractivity contribution in [2.24, 2.45) is 0 Å². The van der Waals surface area contributed by atoms with Gasteiger partial charge >= 0.3 is 0 Å². The number of anilines is 1. The molecule has 0 radical (unpaired) electrons. The van der Waals surface area contributed by atoms with Gasteiger partial charge in [-0.3, -0.25) is 4.79 Å². The third kappa shape index (κ3) is 5.02. The standard InChI is InChI=1S/C13H16Cl2NO3PS3/c1-3-18-20(21,19-4-2)23-13-12(17)16(8-22-13)9-5-6-10(14)11(15)7-9/h5-7,13H,3-4,8H2,1-2H3. The summed E-state index contributed by atoms with van der Waals surface area (Å²) in [6.07, 6.45) is 0. The van der Waals surface area contributed by atoms with Crippen LogP contribution in [-0.4, -0.2) is 29.6 Å². The van der Waals surface area contributed by atoms with E-state index in [1.807, 2.05) is 13.8 Å². The number of halogens is 2. The van der Waals surface area contributed by atoms with Gasteiger partial charge in [0.2, 0.25) is 5.69 Å². The SMILES string of the molecule is CCOP(=S)(OCC)SC1SCN(c2ccc(Cl)c(Cl)c2)C1=O.